The van der Waals surface area contributed by atoms with E-state index in [1.807, 2.05) is 0 Å². The molecule has 0 bridgehead atoms. The summed E-state index contributed by atoms with van der Waals surface area (Å²) in [5.74, 6) is -0.110. The molecular weight excluding hydrogens is 146 g/mol. The summed E-state index contributed by atoms with van der Waals surface area (Å²) in [5.41, 5.74) is 0. The molecule has 1 amide bonds. The molecule has 0 rings (SSSR count). The second-order valence-corrected chi connectivity index (χ2v) is 2.47. The number of likely N-dealkylation sites (N-methyl/N-ethyl adjacent to an activating group) is 1. The van der Waals surface area contributed by atoms with Crippen molar-refractivity contribution in [2.24, 2.45) is 0 Å². The van der Waals surface area contributed by atoms with Crippen LogP contribution in [0.1, 0.15) is 6.42 Å². The van der Waals surface area contributed by atoms with Crippen LogP contribution in [0.4, 0.5) is 0 Å². The van der Waals surface area contributed by atoms with Crippen LogP contribution in [-0.4, -0.2) is 49.8 Å². The van der Waals surface area contributed by atoms with Crippen molar-refractivity contribution in [3.63, 3.8) is 0 Å². The molecule has 0 radical (unpaired) electrons. The van der Waals surface area contributed by atoms with E-state index in [4.69, 9.17) is 9.84 Å². The van der Waals surface area contributed by atoms with Gasteiger partial charge in [-0.1, -0.05) is 0 Å². The maximum Gasteiger partial charge on any atom is 0.251 e. The van der Waals surface area contributed by atoms with E-state index in [2.05, 4.69) is 0 Å². The zero-order valence-corrected chi connectivity index (χ0v) is 7.20. The van der Waals surface area contributed by atoms with Crippen molar-refractivity contribution in [3.8, 4) is 0 Å². The molecule has 1 atom stereocenters. The number of nitrogens with zero attached hydrogens (tertiary/aromatic N) is 1. The number of amides is 1. The first-order valence-electron chi connectivity index (χ1n) is 3.48. The summed E-state index contributed by atoms with van der Waals surface area (Å²) in [6, 6.07) is 0. The Morgan fingerprint density at radius 1 is 1.64 bits per heavy atom. The van der Waals surface area contributed by atoms with Crippen LogP contribution in [0, 0.1) is 0 Å². The van der Waals surface area contributed by atoms with Crippen LogP contribution < -0.4 is 0 Å². The fraction of sp³-hybridized carbons (Fsp3) is 0.857. The zero-order chi connectivity index (χ0) is 8.85. The molecule has 0 aliphatic rings. The SMILES string of the molecule is CO[C@@H](CCO)C(=O)N(C)C. The van der Waals surface area contributed by atoms with E-state index in [0.717, 1.165) is 0 Å². The van der Waals surface area contributed by atoms with Gasteiger partial charge in [-0.05, 0) is 0 Å². The third-order valence-corrected chi connectivity index (χ3v) is 1.39. The van der Waals surface area contributed by atoms with Crippen molar-refractivity contribution in [1.82, 2.24) is 4.90 Å². The summed E-state index contributed by atoms with van der Waals surface area (Å²) < 4.78 is 4.86. The van der Waals surface area contributed by atoms with Gasteiger partial charge < -0.3 is 14.7 Å². The van der Waals surface area contributed by atoms with Crippen molar-refractivity contribution in [1.29, 1.82) is 0 Å². The Kier molecular flexibility index (Phi) is 4.81. The number of hydrogen-bond acceptors (Lipinski definition) is 3. The lowest BCUT2D eigenvalue weighted by atomic mass is 10.2. The van der Waals surface area contributed by atoms with E-state index in [1.165, 1.54) is 12.0 Å². The van der Waals surface area contributed by atoms with Crippen LogP contribution in [0.3, 0.4) is 0 Å². The van der Waals surface area contributed by atoms with Crippen LogP contribution in [0.5, 0.6) is 0 Å². The molecule has 0 saturated heterocycles. The van der Waals surface area contributed by atoms with Gasteiger partial charge >= 0.3 is 0 Å². The molecule has 0 spiro atoms. The van der Waals surface area contributed by atoms with Crippen LogP contribution in [0.25, 0.3) is 0 Å². The number of aliphatic hydroxyl groups is 1. The molecule has 1 N–H and O–H groups in total. The van der Waals surface area contributed by atoms with Crippen LogP contribution >= 0.6 is 0 Å². The molecule has 0 aliphatic carbocycles. The largest absolute Gasteiger partial charge is 0.396 e. The molecule has 0 aromatic rings. The van der Waals surface area contributed by atoms with Crippen LogP contribution in [-0.2, 0) is 9.53 Å². The average molecular weight is 161 g/mol. The third kappa shape index (κ3) is 3.34. The average Bonchev–Trinajstić information content (AvgIpc) is 1.98. The summed E-state index contributed by atoms with van der Waals surface area (Å²) in [7, 11) is 4.78. The highest BCUT2D eigenvalue weighted by Crippen LogP contribution is 1.99. The molecule has 0 aromatic heterocycles. The van der Waals surface area contributed by atoms with Crippen LogP contribution in [0.2, 0.25) is 0 Å². The Balaban J connectivity index is 3.92. The number of methoxy groups -OCH3 is 1. The van der Waals surface area contributed by atoms with Gasteiger partial charge in [-0.2, -0.15) is 0 Å². The van der Waals surface area contributed by atoms with Gasteiger partial charge in [-0.15, -0.1) is 0 Å². The minimum atomic E-state index is -0.505. The van der Waals surface area contributed by atoms with Crippen molar-refractivity contribution in [3.05, 3.63) is 0 Å². The first kappa shape index (κ1) is 10.4. The normalized spacial score (nSPS) is 12.7. The quantitative estimate of drug-likeness (QED) is 0.603. The predicted octanol–water partition coefficient (Wildman–Crippen LogP) is -0.528. The molecule has 11 heavy (non-hydrogen) atoms. The molecule has 0 aromatic carbocycles. The Morgan fingerprint density at radius 2 is 2.18 bits per heavy atom. The second-order valence-electron chi connectivity index (χ2n) is 2.47. The first-order valence-corrected chi connectivity index (χ1v) is 3.48. The summed E-state index contributed by atoms with van der Waals surface area (Å²) in [6.07, 6.45) is -0.150. The summed E-state index contributed by atoms with van der Waals surface area (Å²) in [4.78, 5) is 12.6. The minimum absolute atomic E-state index is 0.0297. The zero-order valence-electron chi connectivity index (χ0n) is 7.20. The van der Waals surface area contributed by atoms with Crippen molar-refractivity contribution >= 4 is 5.91 Å². The van der Waals surface area contributed by atoms with E-state index in [1.54, 1.807) is 14.1 Å². The first-order chi connectivity index (χ1) is 5.13. The smallest absolute Gasteiger partial charge is 0.251 e. The second kappa shape index (κ2) is 5.09. The highest BCUT2D eigenvalue weighted by Gasteiger charge is 2.18. The highest BCUT2D eigenvalue weighted by molar-refractivity contribution is 5.80. The summed E-state index contributed by atoms with van der Waals surface area (Å²) in [5, 5.41) is 8.55. The monoisotopic (exact) mass is 161 g/mol. The number of hydrogen-bond donors (Lipinski definition) is 1. The molecule has 0 fully saturated rings. The van der Waals surface area contributed by atoms with Gasteiger partial charge in [0.05, 0.1) is 0 Å². The number of carbonyl (C=O) groups is 1. The predicted molar refractivity (Wildman–Crippen MR) is 41.2 cm³/mol. The maximum atomic E-state index is 11.2. The van der Waals surface area contributed by atoms with E-state index in [9.17, 15) is 4.79 Å². The Morgan fingerprint density at radius 3 is 2.45 bits per heavy atom. The number of aliphatic hydroxyl groups excluding tert-OH is 1. The van der Waals surface area contributed by atoms with Gasteiger partial charge in [0, 0.05) is 34.2 Å². The third-order valence-electron chi connectivity index (χ3n) is 1.39. The fourth-order valence-corrected chi connectivity index (χ4v) is 0.747. The van der Waals surface area contributed by atoms with E-state index >= 15 is 0 Å². The number of ether oxygens (including phenoxy) is 1. The molecular formula is C7H15NO3. The molecule has 0 saturated carbocycles. The van der Waals surface area contributed by atoms with E-state index in [-0.39, 0.29) is 12.5 Å². The van der Waals surface area contributed by atoms with Gasteiger partial charge in [-0.25, -0.2) is 0 Å². The lowest BCUT2D eigenvalue weighted by Crippen LogP contribution is -2.35. The molecule has 0 heterocycles. The number of carbonyl (C=O) groups excluding carboxylic acids is 1. The minimum Gasteiger partial charge on any atom is -0.396 e. The highest BCUT2D eigenvalue weighted by atomic mass is 16.5. The van der Waals surface area contributed by atoms with Gasteiger partial charge in [0.25, 0.3) is 5.91 Å². The topological polar surface area (TPSA) is 49.8 Å². The van der Waals surface area contributed by atoms with Gasteiger partial charge in [0.15, 0.2) is 0 Å². The molecule has 0 aliphatic heterocycles. The van der Waals surface area contributed by atoms with Gasteiger partial charge in [0.2, 0.25) is 0 Å². The Bertz CT molecular complexity index is 125. The van der Waals surface area contributed by atoms with Gasteiger partial charge in [-0.3, -0.25) is 4.79 Å². The maximum absolute atomic E-state index is 11.2. The van der Waals surface area contributed by atoms with Crippen molar-refractivity contribution < 1.29 is 14.6 Å². The number of rotatable bonds is 4. The summed E-state index contributed by atoms with van der Waals surface area (Å²) >= 11 is 0. The lowest BCUT2D eigenvalue weighted by Gasteiger charge is -2.17. The van der Waals surface area contributed by atoms with Crippen LogP contribution in [0.15, 0.2) is 0 Å². The molecule has 4 heteroatoms. The fourth-order valence-electron chi connectivity index (χ4n) is 0.747. The Labute approximate surface area is 66.8 Å². The van der Waals surface area contributed by atoms with Gasteiger partial charge in [0.1, 0.15) is 6.10 Å². The van der Waals surface area contributed by atoms with Crippen molar-refractivity contribution in [2.45, 2.75) is 12.5 Å². The molecule has 0 unspecified atom stereocenters. The van der Waals surface area contributed by atoms with E-state index in [0.29, 0.717) is 6.42 Å². The molecule has 4 nitrogen and oxygen atoms in total. The summed E-state index contributed by atoms with van der Waals surface area (Å²) in [6.45, 7) is -0.0297. The van der Waals surface area contributed by atoms with E-state index < -0.39 is 6.10 Å². The van der Waals surface area contributed by atoms with Crippen molar-refractivity contribution in [2.75, 3.05) is 27.8 Å². The molecule has 66 valence electrons. The standard InChI is InChI=1S/C7H15NO3/c1-8(2)7(10)6(11-3)4-5-9/h6,9H,4-5H2,1-3H3/t6-/m0/s1. The lowest BCUT2D eigenvalue weighted by molar-refractivity contribution is -0.140. The Hall–Kier alpha value is -0.610.